The zero-order chi connectivity index (χ0) is 16.9. The van der Waals surface area contributed by atoms with E-state index in [4.69, 9.17) is 4.74 Å². The van der Waals surface area contributed by atoms with Crippen LogP contribution >= 0.6 is 0 Å². The molecule has 1 aromatic carbocycles. The molecule has 1 fully saturated rings. The van der Waals surface area contributed by atoms with Crippen molar-refractivity contribution in [2.75, 3.05) is 31.6 Å². The van der Waals surface area contributed by atoms with Gasteiger partial charge in [-0.25, -0.2) is 4.68 Å². The van der Waals surface area contributed by atoms with Crippen LogP contribution in [0.2, 0.25) is 0 Å². The molecular weight excluding hydrogens is 308 g/mol. The number of nitrogens with zero attached hydrogens (tertiary/aromatic N) is 6. The number of aryl methyl sites for hydroxylation is 1. The summed E-state index contributed by atoms with van der Waals surface area (Å²) in [6, 6.07) is 8.13. The maximum absolute atomic E-state index is 12.5. The highest BCUT2D eigenvalue weighted by atomic mass is 16.5. The molecule has 24 heavy (non-hydrogen) atoms. The molecule has 2 heterocycles. The molecule has 1 amide bonds. The van der Waals surface area contributed by atoms with E-state index in [2.05, 4.69) is 33.4 Å². The fraction of sp³-hybridized carbons (Fsp3) is 0.500. The Morgan fingerprint density at radius 3 is 2.88 bits per heavy atom. The molecule has 1 aromatic heterocycles. The number of hydrogen-bond donors (Lipinski definition) is 0. The Morgan fingerprint density at radius 2 is 2.17 bits per heavy atom. The molecule has 1 saturated heterocycles. The third-order valence-corrected chi connectivity index (χ3v) is 4.32. The van der Waals surface area contributed by atoms with Crippen LogP contribution in [0.5, 0.6) is 5.75 Å². The number of carbonyl (C=O) groups excluding carboxylic acids is 1. The highest BCUT2D eigenvalue weighted by Gasteiger charge is 2.28. The van der Waals surface area contributed by atoms with Gasteiger partial charge in [0.15, 0.2) is 0 Å². The van der Waals surface area contributed by atoms with Gasteiger partial charge in [-0.15, -0.1) is 5.10 Å². The highest BCUT2D eigenvalue weighted by Crippen LogP contribution is 2.29. The number of methoxy groups -OCH3 is 1. The van der Waals surface area contributed by atoms with Gasteiger partial charge in [0, 0.05) is 32.1 Å². The largest absolute Gasteiger partial charge is 0.495 e. The standard InChI is InChI=1S/C16H22N6O2/c1-13-11-20(14-5-3-4-6-15(14)24-2)9-10-22(13)16(23)7-8-21-12-17-18-19-21/h3-6,12-13H,7-11H2,1-2H3/t13-/m1/s1. The van der Waals surface area contributed by atoms with Gasteiger partial charge in [-0.2, -0.15) is 0 Å². The van der Waals surface area contributed by atoms with Crippen LogP contribution in [-0.4, -0.2) is 63.8 Å². The van der Waals surface area contributed by atoms with E-state index in [0.717, 1.165) is 24.5 Å². The van der Waals surface area contributed by atoms with Gasteiger partial charge in [0.2, 0.25) is 5.91 Å². The average Bonchev–Trinajstić information content (AvgIpc) is 3.13. The predicted molar refractivity (Wildman–Crippen MR) is 88.8 cm³/mol. The average molecular weight is 330 g/mol. The summed E-state index contributed by atoms with van der Waals surface area (Å²) in [6.45, 7) is 4.87. The minimum absolute atomic E-state index is 0.137. The third-order valence-electron chi connectivity index (χ3n) is 4.32. The topological polar surface area (TPSA) is 76.4 Å². The Kier molecular flexibility index (Phi) is 4.93. The molecule has 3 rings (SSSR count). The third kappa shape index (κ3) is 3.47. The van der Waals surface area contributed by atoms with Crippen molar-refractivity contribution in [1.29, 1.82) is 0 Å². The number of para-hydroxylation sites is 2. The van der Waals surface area contributed by atoms with E-state index in [-0.39, 0.29) is 11.9 Å². The Morgan fingerprint density at radius 1 is 1.33 bits per heavy atom. The van der Waals surface area contributed by atoms with Gasteiger partial charge in [-0.1, -0.05) is 12.1 Å². The van der Waals surface area contributed by atoms with E-state index in [1.165, 1.54) is 6.33 Å². The number of ether oxygens (including phenoxy) is 1. The van der Waals surface area contributed by atoms with Crippen LogP contribution in [0, 0.1) is 0 Å². The minimum Gasteiger partial charge on any atom is -0.495 e. The molecular formula is C16H22N6O2. The summed E-state index contributed by atoms with van der Waals surface area (Å²) in [5, 5.41) is 10.9. The molecule has 128 valence electrons. The Labute approximate surface area is 141 Å². The summed E-state index contributed by atoms with van der Waals surface area (Å²) >= 11 is 0. The lowest BCUT2D eigenvalue weighted by Gasteiger charge is -2.41. The summed E-state index contributed by atoms with van der Waals surface area (Å²) in [7, 11) is 1.68. The lowest BCUT2D eigenvalue weighted by molar-refractivity contribution is -0.133. The van der Waals surface area contributed by atoms with E-state index < -0.39 is 0 Å². The summed E-state index contributed by atoms with van der Waals surface area (Å²) < 4.78 is 7.02. The summed E-state index contributed by atoms with van der Waals surface area (Å²) in [4.78, 5) is 16.7. The van der Waals surface area contributed by atoms with Crippen molar-refractivity contribution in [2.45, 2.75) is 25.9 Å². The smallest absolute Gasteiger partial charge is 0.224 e. The first-order valence-corrected chi connectivity index (χ1v) is 8.07. The lowest BCUT2D eigenvalue weighted by atomic mass is 10.1. The highest BCUT2D eigenvalue weighted by molar-refractivity contribution is 5.77. The van der Waals surface area contributed by atoms with Gasteiger partial charge in [0.25, 0.3) is 0 Å². The van der Waals surface area contributed by atoms with Crippen LogP contribution < -0.4 is 9.64 Å². The summed E-state index contributed by atoms with van der Waals surface area (Å²) in [6.07, 6.45) is 1.93. The summed E-state index contributed by atoms with van der Waals surface area (Å²) in [5.41, 5.74) is 1.08. The zero-order valence-corrected chi connectivity index (χ0v) is 14.0. The maximum Gasteiger partial charge on any atom is 0.224 e. The quantitative estimate of drug-likeness (QED) is 0.807. The number of amides is 1. The second-order valence-corrected chi connectivity index (χ2v) is 5.88. The monoisotopic (exact) mass is 330 g/mol. The number of aromatic nitrogens is 4. The van der Waals surface area contributed by atoms with Crippen molar-refractivity contribution in [2.24, 2.45) is 0 Å². The second-order valence-electron chi connectivity index (χ2n) is 5.88. The molecule has 0 saturated carbocycles. The predicted octanol–water partition coefficient (Wildman–Crippen LogP) is 0.809. The Balaban J connectivity index is 1.59. The van der Waals surface area contributed by atoms with Gasteiger partial charge >= 0.3 is 0 Å². The zero-order valence-electron chi connectivity index (χ0n) is 14.0. The molecule has 2 aromatic rings. The van der Waals surface area contributed by atoms with Crippen LogP contribution in [0.15, 0.2) is 30.6 Å². The molecule has 1 aliphatic heterocycles. The first kappa shape index (κ1) is 16.2. The number of hydrogen-bond acceptors (Lipinski definition) is 6. The van der Waals surface area contributed by atoms with Crippen molar-refractivity contribution in [1.82, 2.24) is 25.1 Å². The lowest BCUT2D eigenvalue weighted by Crippen LogP contribution is -2.54. The van der Waals surface area contributed by atoms with Crippen LogP contribution in [-0.2, 0) is 11.3 Å². The molecule has 1 atom stereocenters. The van der Waals surface area contributed by atoms with E-state index in [0.29, 0.717) is 19.5 Å². The van der Waals surface area contributed by atoms with Crippen LogP contribution in [0.3, 0.4) is 0 Å². The van der Waals surface area contributed by atoms with Crippen LogP contribution in [0.4, 0.5) is 5.69 Å². The molecule has 0 spiro atoms. The molecule has 0 radical (unpaired) electrons. The van der Waals surface area contributed by atoms with Crippen molar-refractivity contribution in [3.8, 4) is 5.75 Å². The number of anilines is 1. The van der Waals surface area contributed by atoms with E-state index >= 15 is 0 Å². The number of carbonyl (C=O) groups is 1. The fourth-order valence-corrected chi connectivity index (χ4v) is 3.07. The Hall–Kier alpha value is -2.64. The van der Waals surface area contributed by atoms with Crippen molar-refractivity contribution < 1.29 is 9.53 Å². The first-order chi connectivity index (χ1) is 11.7. The normalized spacial score (nSPS) is 17.8. The molecule has 1 aliphatic rings. The molecule has 8 nitrogen and oxygen atoms in total. The number of rotatable bonds is 5. The fourth-order valence-electron chi connectivity index (χ4n) is 3.07. The SMILES string of the molecule is COc1ccccc1N1CCN(C(=O)CCn2cnnn2)[C@H](C)C1. The van der Waals surface area contributed by atoms with Crippen molar-refractivity contribution in [3.63, 3.8) is 0 Å². The van der Waals surface area contributed by atoms with Gasteiger partial charge in [0.05, 0.1) is 19.3 Å². The maximum atomic E-state index is 12.5. The van der Waals surface area contributed by atoms with Crippen LogP contribution in [0.1, 0.15) is 13.3 Å². The molecule has 0 N–H and O–H groups in total. The minimum atomic E-state index is 0.137. The van der Waals surface area contributed by atoms with Gasteiger partial charge < -0.3 is 14.5 Å². The number of benzene rings is 1. The first-order valence-electron chi connectivity index (χ1n) is 8.07. The van der Waals surface area contributed by atoms with Gasteiger partial charge in [-0.3, -0.25) is 4.79 Å². The molecule has 0 bridgehead atoms. The Bertz CT molecular complexity index is 675. The van der Waals surface area contributed by atoms with Crippen molar-refractivity contribution >= 4 is 11.6 Å². The van der Waals surface area contributed by atoms with E-state index in [1.54, 1.807) is 11.8 Å². The van der Waals surface area contributed by atoms with Crippen LogP contribution in [0.25, 0.3) is 0 Å². The second kappa shape index (κ2) is 7.29. The number of tetrazole rings is 1. The summed E-state index contributed by atoms with van der Waals surface area (Å²) in [5.74, 6) is 1.00. The van der Waals surface area contributed by atoms with Gasteiger partial charge in [0.1, 0.15) is 12.1 Å². The molecule has 0 aliphatic carbocycles. The number of piperazine rings is 1. The molecule has 0 unspecified atom stereocenters. The van der Waals surface area contributed by atoms with E-state index in [9.17, 15) is 4.79 Å². The van der Waals surface area contributed by atoms with Crippen molar-refractivity contribution in [3.05, 3.63) is 30.6 Å². The van der Waals surface area contributed by atoms with E-state index in [1.807, 2.05) is 23.1 Å². The van der Waals surface area contributed by atoms with Gasteiger partial charge in [-0.05, 0) is 29.5 Å². The molecule has 8 heteroatoms.